The normalized spacial score (nSPS) is 14.7. The summed E-state index contributed by atoms with van der Waals surface area (Å²) in [5.41, 5.74) is 3.06. The van der Waals surface area contributed by atoms with Gasteiger partial charge < -0.3 is 9.72 Å². The predicted octanol–water partition coefficient (Wildman–Crippen LogP) is 3.73. The number of hydrogen-bond acceptors (Lipinski definition) is 2. The third kappa shape index (κ3) is 3.53. The fourth-order valence-corrected chi connectivity index (χ4v) is 2.70. The van der Waals surface area contributed by atoms with Gasteiger partial charge in [0.25, 0.3) is 0 Å². The molecule has 2 aromatic rings. The molecule has 1 N–H and O–H groups in total. The highest BCUT2D eigenvalue weighted by Crippen LogP contribution is 2.23. The van der Waals surface area contributed by atoms with Gasteiger partial charge in [-0.3, -0.25) is 4.79 Å². The van der Waals surface area contributed by atoms with Crippen molar-refractivity contribution in [2.45, 2.75) is 51.6 Å². The van der Waals surface area contributed by atoms with Gasteiger partial charge in [-0.25, -0.2) is 0 Å². The second-order valence-corrected chi connectivity index (χ2v) is 5.98. The van der Waals surface area contributed by atoms with Gasteiger partial charge in [0.2, 0.25) is 0 Å². The van der Waals surface area contributed by atoms with E-state index in [2.05, 4.69) is 4.98 Å². The molecule has 1 aliphatic rings. The summed E-state index contributed by atoms with van der Waals surface area (Å²) in [6.45, 7) is 2.81. The van der Waals surface area contributed by atoms with E-state index in [9.17, 15) is 4.79 Å². The number of aromatic nitrogens is 1. The lowest BCUT2D eigenvalue weighted by molar-refractivity contribution is 0.115. The Morgan fingerprint density at radius 2 is 2.00 bits per heavy atom. The number of para-hydroxylation sites is 1. The Kier molecular flexibility index (Phi) is 4.39. The summed E-state index contributed by atoms with van der Waals surface area (Å²) in [6.07, 6.45) is 7.37. The van der Waals surface area contributed by atoms with Crippen molar-refractivity contribution in [3.05, 3.63) is 45.7 Å². The number of nitrogens with one attached hydrogen (secondary N) is 1. The smallest absolute Gasteiger partial charge is 0.192 e. The molecule has 1 fully saturated rings. The van der Waals surface area contributed by atoms with E-state index in [1.165, 1.54) is 12.8 Å². The van der Waals surface area contributed by atoms with E-state index in [-0.39, 0.29) is 5.43 Å². The zero-order valence-corrected chi connectivity index (χ0v) is 12.7. The van der Waals surface area contributed by atoms with Crippen LogP contribution in [0.25, 0.3) is 10.9 Å². The Morgan fingerprint density at radius 1 is 1.19 bits per heavy atom. The lowest BCUT2D eigenvalue weighted by Crippen LogP contribution is -2.11. The van der Waals surface area contributed by atoms with Crippen LogP contribution in [0.3, 0.4) is 0 Å². The van der Waals surface area contributed by atoms with E-state index < -0.39 is 0 Å². The van der Waals surface area contributed by atoms with Crippen molar-refractivity contribution in [3.8, 4) is 0 Å². The number of unbranched alkanes of at least 4 members (excludes halogenated alkanes) is 2. The van der Waals surface area contributed by atoms with Crippen molar-refractivity contribution in [2.75, 3.05) is 6.61 Å². The molecule has 112 valence electrons. The highest BCUT2D eigenvalue weighted by atomic mass is 16.5. The van der Waals surface area contributed by atoms with Crippen LogP contribution in [0.5, 0.6) is 0 Å². The maximum Gasteiger partial charge on any atom is 0.192 e. The van der Waals surface area contributed by atoms with E-state index in [0.717, 1.165) is 54.5 Å². The molecule has 1 aliphatic carbocycles. The quantitative estimate of drug-likeness (QED) is 0.788. The molecular formula is C18H23NO2. The molecule has 0 amide bonds. The van der Waals surface area contributed by atoms with Crippen LogP contribution in [0.2, 0.25) is 0 Å². The van der Waals surface area contributed by atoms with Gasteiger partial charge in [0, 0.05) is 28.8 Å². The van der Waals surface area contributed by atoms with Gasteiger partial charge in [-0.1, -0.05) is 18.6 Å². The van der Waals surface area contributed by atoms with Crippen LogP contribution < -0.4 is 5.43 Å². The minimum Gasteiger partial charge on any atom is -0.378 e. The second-order valence-electron chi connectivity index (χ2n) is 5.98. The van der Waals surface area contributed by atoms with E-state index in [1.807, 2.05) is 31.2 Å². The summed E-state index contributed by atoms with van der Waals surface area (Å²) in [5, 5.41) is 0.789. The number of benzene rings is 1. The molecule has 0 atom stereocenters. The van der Waals surface area contributed by atoms with E-state index in [1.54, 1.807) is 0 Å². The number of hydrogen-bond donors (Lipinski definition) is 1. The summed E-state index contributed by atoms with van der Waals surface area (Å²) in [7, 11) is 0. The number of H-pyrrole nitrogens is 1. The van der Waals surface area contributed by atoms with Crippen LogP contribution in [-0.2, 0) is 11.2 Å². The second kappa shape index (κ2) is 6.44. The van der Waals surface area contributed by atoms with Gasteiger partial charge in [-0.05, 0) is 51.2 Å². The number of pyridine rings is 1. The predicted molar refractivity (Wildman–Crippen MR) is 85.8 cm³/mol. The largest absolute Gasteiger partial charge is 0.378 e. The van der Waals surface area contributed by atoms with Crippen molar-refractivity contribution in [1.29, 1.82) is 0 Å². The van der Waals surface area contributed by atoms with Gasteiger partial charge in [0.1, 0.15) is 0 Å². The maximum absolute atomic E-state index is 12.3. The Labute approximate surface area is 125 Å². The van der Waals surface area contributed by atoms with Crippen LogP contribution in [0.4, 0.5) is 0 Å². The summed E-state index contributed by atoms with van der Waals surface area (Å²) >= 11 is 0. The monoisotopic (exact) mass is 285 g/mol. The van der Waals surface area contributed by atoms with Gasteiger partial charge in [0.05, 0.1) is 6.10 Å². The first kappa shape index (κ1) is 14.3. The number of aryl methyl sites for hydroxylation is 1. The van der Waals surface area contributed by atoms with Crippen molar-refractivity contribution in [2.24, 2.45) is 0 Å². The molecule has 0 spiro atoms. The summed E-state index contributed by atoms with van der Waals surface area (Å²) in [5.74, 6) is 0. The van der Waals surface area contributed by atoms with Crippen molar-refractivity contribution in [1.82, 2.24) is 4.98 Å². The van der Waals surface area contributed by atoms with Crippen LogP contribution in [-0.4, -0.2) is 17.7 Å². The first-order valence-electron chi connectivity index (χ1n) is 7.98. The average Bonchev–Trinajstić information content (AvgIpc) is 3.32. The van der Waals surface area contributed by atoms with Crippen molar-refractivity contribution < 1.29 is 4.74 Å². The number of aromatic amines is 1. The molecule has 1 aromatic heterocycles. The van der Waals surface area contributed by atoms with E-state index >= 15 is 0 Å². The van der Waals surface area contributed by atoms with E-state index in [0.29, 0.717) is 6.10 Å². The lowest BCUT2D eigenvalue weighted by atomic mass is 10.0. The third-order valence-electron chi connectivity index (χ3n) is 4.20. The molecule has 1 heterocycles. The number of rotatable bonds is 7. The Bertz CT molecular complexity index is 670. The van der Waals surface area contributed by atoms with Crippen LogP contribution >= 0.6 is 0 Å². The van der Waals surface area contributed by atoms with Gasteiger partial charge >= 0.3 is 0 Å². The first-order chi connectivity index (χ1) is 10.3. The number of ether oxygens (including phenoxy) is 1. The number of fused-ring (bicyclic) bond motifs is 1. The van der Waals surface area contributed by atoms with E-state index in [4.69, 9.17) is 4.74 Å². The average molecular weight is 285 g/mol. The molecule has 21 heavy (non-hydrogen) atoms. The van der Waals surface area contributed by atoms with Gasteiger partial charge in [-0.2, -0.15) is 0 Å². The Morgan fingerprint density at radius 3 is 2.81 bits per heavy atom. The molecular weight excluding hydrogens is 262 g/mol. The molecule has 0 saturated heterocycles. The summed E-state index contributed by atoms with van der Waals surface area (Å²) < 4.78 is 5.65. The molecule has 0 radical (unpaired) electrons. The SMILES string of the molecule is Cc1c(CCCCCOC2CC2)[nH]c2ccccc2c1=O. The van der Waals surface area contributed by atoms with Gasteiger partial charge in [0.15, 0.2) is 5.43 Å². The molecule has 1 saturated carbocycles. The highest BCUT2D eigenvalue weighted by molar-refractivity contribution is 5.79. The van der Waals surface area contributed by atoms with Gasteiger partial charge in [-0.15, -0.1) is 0 Å². The standard InChI is InChI=1S/C18H23NO2/c1-13-16(8-3-2-6-12-21-14-10-11-14)19-17-9-5-4-7-15(17)18(13)20/h4-5,7,9,14H,2-3,6,8,10-12H2,1H3,(H,19,20). The molecule has 0 aliphatic heterocycles. The first-order valence-corrected chi connectivity index (χ1v) is 7.98. The van der Waals surface area contributed by atoms with Crippen LogP contribution in [0, 0.1) is 6.92 Å². The minimum absolute atomic E-state index is 0.163. The molecule has 3 heteroatoms. The lowest BCUT2D eigenvalue weighted by Gasteiger charge is -2.08. The van der Waals surface area contributed by atoms with Crippen molar-refractivity contribution >= 4 is 10.9 Å². The maximum atomic E-state index is 12.3. The fourth-order valence-electron chi connectivity index (χ4n) is 2.70. The minimum atomic E-state index is 0.163. The molecule has 3 nitrogen and oxygen atoms in total. The zero-order chi connectivity index (χ0) is 14.7. The summed E-state index contributed by atoms with van der Waals surface area (Å²) in [4.78, 5) is 15.7. The molecule has 1 aromatic carbocycles. The third-order valence-corrected chi connectivity index (χ3v) is 4.20. The van der Waals surface area contributed by atoms with Crippen LogP contribution in [0.15, 0.2) is 29.1 Å². The Balaban J connectivity index is 1.58. The van der Waals surface area contributed by atoms with Crippen LogP contribution in [0.1, 0.15) is 43.4 Å². The zero-order valence-electron chi connectivity index (χ0n) is 12.7. The molecule has 3 rings (SSSR count). The highest BCUT2D eigenvalue weighted by Gasteiger charge is 2.21. The Hall–Kier alpha value is -1.61. The summed E-state index contributed by atoms with van der Waals surface area (Å²) in [6, 6.07) is 7.74. The molecule has 0 unspecified atom stereocenters. The topological polar surface area (TPSA) is 42.1 Å². The van der Waals surface area contributed by atoms with Crippen molar-refractivity contribution in [3.63, 3.8) is 0 Å². The molecule has 0 bridgehead atoms. The fraction of sp³-hybridized carbons (Fsp3) is 0.500.